The van der Waals surface area contributed by atoms with Crippen molar-refractivity contribution >= 4 is 5.91 Å². The standard InChI is InChI=1S/C15H14N2O2/c16-8-2-5-12-4-1-6-13(10-12)15(18)17-11-14-7-3-9-19-14/h1,3-4,6-7,9-10H,8,11,16H2,(H,17,18). The molecule has 1 heterocycles. The van der Waals surface area contributed by atoms with Crippen LogP contribution >= 0.6 is 0 Å². The Morgan fingerprint density at radius 1 is 1.32 bits per heavy atom. The number of nitrogens with two attached hydrogens (primary N) is 1. The average molecular weight is 254 g/mol. The first kappa shape index (κ1) is 12.9. The summed E-state index contributed by atoms with van der Waals surface area (Å²) in [4.78, 5) is 11.9. The summed E-state index contributed by atoms with van der Waals surface area (Å²) in [5.74, 6) is 6.21. The Labute approximate surface area is 111 Å². The molecule has 0 bridgehead atoms. The van der Waals surface area contributed by atoms with Gasteiger partial charge in [-0.25, -0.2) is 0 Å². The van der Waals surface area contributed by atoms with Crippen molar-refractivity contribution in [3.63, 3.8) is 0 Å². The van der Waals surface area contributed by atoms with E-state index in [1.807, 2.05) is 12.1 Å². The summed E-state index contributed by atoms with van der Waals surface area (Å²) in [7, 11) is 0. The molecule has 19 heavy (non-hydrogen) atoms. The number of benzene rings is 1. The Morgan fingerprint density at radius 3 is 2.95 bits per heavy atom. The molecule has 0 fully saturated rings. The van der Waals surface area contributed by atoms with Crippen LogP contribution in [0.25, 0.3) is 0 Å². The third kappa shape index (κ3) is 3.73. The largest absolute Gasteiger partial charge is 0.467 e. The normalized spacial score (nSPS) is 9.53. The molecule has 0 aliphatic heterocycles. The predicted octanol–water partition coefficient (Wildman–Crippen LogP) is 1.52. The van der Waals surface area contributed by atoms with E-state index in [-0.39, 0.29) is 5.91 Å². The zero-order valence-corrected chi connectivity index (χ0v) is 10.3. The minimum absolute atomic E-state index is 0.159. The van der Waals surface area contributed by atoms with E-state index in [4.69, 9.17) is 10.2 Å². The molecule has 0 aliphatic carbocycles. The number of hydrogen-bond acceptors (Lipinski definition) is 3. The number of hydrogen-bond donors (Lipinski definition) is 2. The second-order valence-corrected chi connectivity index (χ2v) is 3.85. The highest BCUT2D eigenvalue weighted by Crippen LogP contribution is 2.05. The lowest BCUT2D eigenvalue weighted by atomic mass is 10.1. The molecule has 96 valence electrons. The zero-order chi connectivity index (χ0) is 13.5. The number of nitrogens with one attached hydrogen (secondary N) is 1. The van der Waals surface area contributed by atoms with Gasteiger partial charge in [0.25, 0.3) is 5.91 Å². The molecule has 0 aliphatic rings. The molecule has 0 unspecified atom stereocenters. The summed E-state index contributed by atoms with van der Waals surface area (Å²) in [5, 5.41) is 2.78. The van der Waals surface area contributed by atoms with Gasteiger partial charge in [0.1, 0.15) is 5.76 Å². The van der Waals surface area contributed by atoms with Crippen molar-refractivity contribution in [3.8, 4) is 11.8 Å². The summed E-state index contributed by atoms with van der Waals surface area (Å²) in [6.07, 6.45) is 1.57. The molecule has 2 rings (SSSR count). The van der Waals surface area contributed by atoms with E-state index in [0.29, 0.717) is 24.4 Å². The van der Waals surface area contributed by atoms with Gasteiger partial charge in [-0.2, -0.15) is 0 Å². The fraction of sp³-hybridized carbons (Fsp3) is 0.133. The number of carbonyl (C=O) groups is 1. The summed E-state index contributed by atoms with van der Waals surface area (Å²) in [6.45, 7) is 0.666. The van der Waals surface area contributed by atoms with Gasteiger partial charge in [0.2, 0.25) is 0 Å². The molecule has 0 saturated heterocycles. The van der Waals surface area contributed by atoms with Crippen LogP contribution in [0.5, 0.6) is 0 Å². The van der Waals surface area contributed by atoms with Gasteiger partial charge in [0, 0.05) is 11.1 Å². The van der Waals surface area contributed by atoms with Crippen molar-refractivity contribution in [1.82, 2.24) is 5.32 Å². The van der Waals surface area contributed by atoms with E-state index in [1.165, 1.54) is 0 Å². The van der Waals surface area contributed by atoms with Gasteiger partial charge in [-0.05, 0) is 30.3 Å². The maximum Gasteiger partial charge on any atom is 0.251 e. The minimum atomic E-state index is -0.159. The highest BCUT2D eigenvalue weighted by molar-refractivity contribution is 5.94. The maximum absolute atomic E-state index is 11.9. The Balaban J connectivity index is 2.02. The molecule has 0 saturated carbocycles. The fourth-order valence-corrected chi connectivity index (χ4v) is 1.57. The lowest BCUT2D eigenvalue weighted by molar-refractivity contribution is 0.0948. The molecule has 0 spiro atoms. The maximum atomic E-state index is 11.9. The number of amides is 1. The molecule has 1 aromatic heterocycles. The number of furan rings is 1. The highest BCUT2D eigenvalue weighted by atomic mass is 16.3. The van der Waals surface area contributed by atoms with E-state index >= 15 is 0 Å². The minimum Gasteiger partial charge on any atom is -0.467 e. The summed E-state index contributed by atoms with van der Waals surface area (Å²) >= 11 is 0. The molecule has 0 radical (unpaired) electrons. The van der Waals surface area contributed by atoms with Crippen molar-refractivity contribution in [1.29, 1.82) is 0 Å². The van der Waals surface area contributed by atoms with Crippen LogP contribution in [0.1, 0.15) is 21.7 Å². The summed E-state index contributed by atoms with van der Waals surface area (Å²) in [5.41, 5.74) is 6.65. The van der Waals surface area contributed by atoms with Gasteiger partial charge < -0.3 is 15.5 Å². The van der Waals surface area contributed by atoms with Crippen LogP contribution in [-0.4, -0.2) is 12.5 Å². The summed E-state index contributed by atoms with van der Waals surface area (Å²) < 4.78 is 5.15. The Morgan fingerprint density at radius 2 is 2.21 bits per heavy atom. The summed E-state index contributed by atoms with van der Waals surface area (Å²) in [6, 6.07) is 10.7. The lowest BCUT2D eigenvalue weighted by Crippen LogP contribution is -2.22. The van der Waals surface area contributed by atoms with E-state index in [0.717, 1.165) is 5.56 Å². The van der Waals surface area contributed by atoms with Gasteiger partial charge in [-0.3, -0.25) is 4.79 Å². The molecule has 4 heteroatoms. The van der Waals surface area contributed by atoms with Crippen LogP contribution in [0, 0.1) is 11.8 Å². The first-order valence-electron chi connectivity index (χ1n) is 5.89. The Bertz CT molecular complexity index is 607. The van der Waals surface area contributed by atoms with Crippen LogP contribution in [0.3, 0.4) is 0 Å². The van der Waals surface area contributed by atoms with Crippen molar-refractivity contribution in [2.75, 3.05) is 6.54 Å². The fourth-order valence-electron chi connectivity index (χ4n) is 1.57. The molecule has 1 amide bonds. The number of rotatable bonds is 3. The van der Waals surface area contributed by atoms with Crippen molar-refractivity contribution in [2.24, 2.45) is 5.73 Å². The smallest absolute Gasteiger partial charge is 0.251 e. The Hall–Kier alpha value is -2.51. The second-order valence-electron chi connectivity index (χ2n) is 3.85. The molecule has 2 aromatic rings. The van der Waals surface area contributed by atoms with E-state index in [9.17, 15) is 4.79 Å². The molecular formula is C15H14N2O2. The predicted molar refractivity (Wildman–Crippen MR) is 72.3 cm³/mol. The van der Waals surface area contributed by atoms with Crippen LogP contribution in [0.2, 0.25) is 0 Å². The van der Waals surface area contributed by atoms with Gasteiger partial charge in [-0.1, -0.05) is 17.9 Å². The van der Waals surface area contributed by atoms with E-state index < -0.39 is 0 Å². The van der Waals surface area contributed by atoms with Gasteiger partial charge in [0.15, 0.2) is 0 Å². The Kier molecular flexibility index (Phi) is 4.38. The monoisotopic (exact) mass is 254 g/mol. The third-order valence-corrected chi connectivity index (χ3v) is 2.46. The van der Waals surface area contributed by atoms with Crippen molar-refractivity contribution in [2.45, 2.75) is 6.54 Å². The number of carbonyl (C=O) groups excluding carboxylic acids is 1. The third-order valence-electron chi connectivity index (χ3n) is 2.46. The van der Waals surface area contributed by atoms with Crippen LogP contribution in [0.4, 0.5) is 0 Å². The SMILES string of the molecule is NCC#Cc1cccc(C(=O)NCc2ccco2)c1. The zero-order valence-electron chi connectivity index (χ0n) is 10.3. The molecule has 3 N–H and O–H groups in total. The van der Waals surface area contributed by atoms with E-state index in [1.54, 1.807) is 30.5 Å². The molecular weight excluding hydrogens is 240 g/mol. The van der Waals surface area contributed by atoms with Crippen molar-refractivity contribution in [3.05, 3.63) is 59.5 Å². The second kappa shape index (κ2) is 6.43. The molecule has 4 nitrogen and oxygen atoms in total. The first-order chi connectivity index (χ1) is 9.29. The van der Waals surface area contributed by atoms with Crippen LogP contribution in [-0.2, 0) is 6.54 Å². The first-order valence-corrected chi connectivity index (χ1v) is 5.89. The van der Waals surface area contributed by atoms with Gasteiger partial charge >= 0.3 is 0 Å². The van der Waals surface area contributed by atoms with Crippen LogP contribution in [0.15, 0.2) is 47.1 Å². The molecule has 0 atom stereocenters. The van der Waals surface area contributed by atoms with Gasteiger partial charge in [-0.15, -0.1) is 0 Å². The van der Waals surface area contributed by atoms with Crippen LogP contribution < -0.4 is 11.1 Å². The van der Waals surface area contributed by atoms with E-state index in [2.05, 4.69) is 17.2 Å². The lowest BCUT2D eigenvalue weighted by Gasteiger charge is -2.03. The van der Waals surface area contributed by atoms with Crippen molar-refractivity contribution < 1.29 is 9.21 Å². The van der Waals surface area contributed by atoms with Gasteiger partial charge in [0.05, 0.1) is 19.4 Å². The quantitative estimate of drug-likeness (QED) is 0.816. The highest BCUT2D eigenvalue weighted by Gasteiger charge is 2.06. The molecule has 1 aromatic carbocycles. The topological polar surface area (TPSA) is 68.3 Å². The average Bonchev–Trinajstić information content (AvgIpc) is 2.96.